The maximum Gasteiger partial charge on any atom is 0.330 e. The molecule has 0 spiro atoms. The summed E-state index contributed by atoms with van der Waals surface area (Å²) < 4.78 is 19.3. The predicted molar refractivity (Wildman–Crippen MR) is 42.5 cm³/mol. The van der Waals surface area contributed by atoms with Crippen molar-refractivity contribution in [1.29, 1.82) is 0 Å². The molecule has 1 heterocycles. The Morgan fingerprint density at radius 1 is 1.21 bits per heavy atom. The number of ether oxygens (including phenoxy) is 1. The van der Waals surface area contributed by atoms with Crippen LogP contribution in [0.5, 0.6) is 0 Å². The first-order valence-corrected chi connectivity index (χ1v) is 4.63. The standard InChI is InChI=1S/C6H11O7P/c7-1-2-3(8)4(9)5(10)6(12-2)13-14-11/h2-10H,1H2/t2?,3-,4+,5-,6?/m1/s1. The second-order valence-corrected chi connectivity index (χ2v) is 3.24. The van der Waals surface area contributed by atoms with E-state index >= 15 is 0 Å². The van der Waals surface area contributed by atoms with Crippen molar-refractivity contribution in [3.63, 3.8) is 0 Å². The molecule has 2 unspecified atom stereocenters. The van der Waals surface area contributed by atoms with E-state index in [1.807, 2.05) is 0 Å². The molecule has 0 bridgehead atoms. The lowest BCUT2D eigenvalue weighted by Crippen LogP contribution is -2.58. The van der Waals surface area contributed by atoms with Gasteiger partial charge in [-0.3, -0.25) is 4.52 Å². The molecule has 1 rings (SSSR count). The maximum absolute atomic E-state index is 10.1. The number of aliphatic hydroxyl groups excluding tert-OH is 4. The van der Waals surface area contributed by atoms with Crippen LogP contribution in [0.2, 0.25) is 0 Å². The molecule has 0 aromatic heterocycles. The Balaban J connectivity index is 2.67. The molecule has 0 amide bonds. The first-order chi connectivity index (χ1) is 6.61. The number of rotatable bonds is 3. The van der Waals surface area contributed by atoms with Crippen LogP contribution < -0.4 is 0 Å². The van der Waals surface area contributed by atoms with Crippen LogP contribution in [0.25, 0.3) is 0 Å². The molecule has 5 atom stereocenters. The minimum Gasteiger partial charge on any atom is -0.394 e. The molecule has 0 saturated carbocycles. The quantitative estimate of drug-likeness (QED) is 0.411. The number of hydrogen-bond donors (Lipinski definition) is 4. The number of hydrogen-bond acceptors (Lipinski definition) is 7. The van der Waals surface area contributed by atoms with E-state index in [0.717, 1.165) is 0 Å². The lowest BCUT2D eigenvalue weighted by atomic mass is 10.00. The third-order valence-electron chi connectivity index (χ3n) is 2.00. The van der Waals surface area contributed by atoms with E-state index in [9.17, 15) is 19.9 Å². The predicted octanol–water partition coefficient (Wildman–Crippen LogP) is -1.99. The van der Waals surface area contributed by atoms with Gasteiger partial charge in [-0.1, -0.05) is 0 Å². The molecule has 1 fully saturated rings. The Morgan fingerprint density at radius 2 is 1.86 bits per heavy atom. The van der Waals surface area contributed by atoms with Crippen LogP contribution in [0.4, 0.5) is 0 Å². The lowest BCUT2D eigenvalue weighted by molar-refractivity contribution is -0.275. The van der Waals surface area contributed by atoms with Crippen LogP contribution >= 0.6 is 8.69 Å². The van der Waals surface area contributed by atoms with E-state index in [2.05, 4.69) is 4.52 Å². The highest BCUT2D eigenvalue weighted by Gasteiger charge is 2.44. The molecule has 0 aromatic carbocycles. The molecule has 0 radical (unpaired) electrons. The molecule has 1 aliphatic rings. The molecule has 0 aliphatic carbocycles. The van der Waals surface area contributed by atoms with Gasteiger partial charge >= 0.3 is 8.69 Å². The molecule has 4 N–H and O–H groups in total. The largest absolute Gasteiger partial charge is 0.394 e. The van der Waals surface area contributed by atoms with Crippen LogP contribution in [-0.4, -0.2) is 57.7 Å². The van der Waals surface area contributed by atoms with Crippen molar-refractivity contribution in [3.05, 3.63) is 0 Å². The summed E-state index contributed by atoms with van der Waals surface area (Å²) in [4.78, 5) is 0. The van der Waals surface area contributed by atoms with Crippen LogP contribution in [-0.2, 0) is 13.8 Å². The van der Waals surface area contributed by atoms with Gasteiger partial charge in [0.25, 0.3) is 0 Å². The summed E-state index contributed by atoms with van der Waals surface area (Å²) >= 11 is 0. The molecule has 8 heteroatoms. The fourth-order valence-corrected chi connectivity index (χ4v) is 1.46. The Morgan fingerprint density at radius 3 is 2.36 bits per heavy atom. The van der Waals surface area contributed by atoms with Gasteiger partial charge < -0.3 is 25.2 Å². The monoisotopic (exact) mass is 226 g/mol. The molecule has 0 aromatic rings. The van der Waals surface area contributed by atoms with Crippen molar-refractivity contribution < 1.29 is 34.3 Å². The minimum atomic E-state index is -1.51. The second-order valence-electron chi connectivity index (χ2n) is 2.88. The SMILES string of the molecule is O=POC1OC(CO)[C@@H](O)[C@H](O)[C@H]1O. The van der Waals surface area contributed by atoms with Gasteiger partial charge in [0.2, 0.25) is 0 Å². The molecule has 14 heavy (non-hydrogen) atoms. The Kier molecular flexibility index (Phi) is 4.33. The Hall–Kier alpha value is -0.140. The van der Waals surface area contributed by atoms with Crippen molar-refractivity contribution in [3.8, 4) is 0 Å². The van der Waals surface area contributed by atoms with E-state index in [1.165, 1.54) is 0 Å². The molecule has 7 nitrogen and oxygen atoms in total. The van der Waals surface area contributed by atoms with Crippen LogP contribution in [0.15, 0.2) is 0 Å². The van der Waals surface area contributed by atoms with Gasteiger partial charge in [-0.2, -0.15) is 0 Å². The summed E-state index contributed by atoms with van der Waals surface area (Å²) in [5.41, 5.74) is 0. The normalized spacial score (nSPS) is 44.1. The number of aliphatic hydroxyl groups is 4. The van der Waals surface area contributed by atoms with Crippen LogP contribution in [0.1, 0.15) is 0 Å². The smallest absolute Gasteiger partial charge is 0.330 e. The summed E-state index contributed by atoms with van der Waals surface area (Å²) in [5, 5.41) is 36.5. The highest BCUT2D eigenvalue weighted by molar-refractivity contribution is 7.17. The summed E-state index contributed by atoms with van der Waals surface area (Å²) in [7, 11) is -0.722. The summed E-state index contributed by atoms with van der Waals surface area (Å²) in [6.45, 7) is -0.541. The second kappa shape index (κ2) is 5.09. The van der Waals surface area contributed by atoms with Gasteiger partial charge in [0.1, 0.15) is 24.4 Å². The van der Waals surface area contributed by atoms with Gasteiger partial charge in [0.15, 0.2) is 6.29 Å². The third kappa shape index (κ3) is 2.26. The Bertz CT molecular complexity index is 199. The van der Waals surface area contributed by atoms with E-state index in [1.54, 1.807) is 0 Å². The topological polar surface area (TPSA) is 116 Å². The van der Waals surface area contributed by atoms with Gasteiger partial charge in [-0.15, -0.1) is 0 Å². The summed E-state index contributed by atoms with van der Waals surface area (Å²) in [6, 6.07) is 0. The van der Waals surface area contributed by atoms with Crippen molar-refractivity contribution >= 4 is 8.69 Å². The first-order valence-electron chi connectivity index (χ1n) is 3.90. The summed E-state index contributed by atoms with van der Waals surface area (Å²) in [5.74, 6) is 0. The third-order valence-corrected chi connectivity index (χ3v) is 2.29. The van der Waals surface area contributed by atoms with Gasteiger partial charge in [0, 0.05) is 0 Å². The first kappa shape index (κ1) is 11.9. The minimum absolute atomic E-state index is 0.541. The zero-order chi connectivity index (χ0) is 10.7. The maximum atomic E-state index is 10.1. The van der Waals surface area contributed by atoms with Gasteiger partial charge in [0.05, 0.1) is 6.61 Å². The van der Waals surface area contributed by atoms with E-state index in [0.29, 0.717) is 0 Å². The fraction of sp³-hybridized carbons (Fsp3) is 1.00. The average Bonchev–Trinajstić information content (AvgIpc) is 2.19. The fourth-order valence-electron chi connectivity index (χ4n) is 1.20. The zero-order valence-electron chi connectivity index (χ0n) is 7.05. The molecular weight excluding hydrogens is 215 g/mol. The van der Waals surface area contributed by atoms with Crippen LogP contribution in [0, 0.1) is 0 Å². The van der Waals surface area contributed by atoms with E-state index < -0.39 is 46.0 Å². The summed E-state index contributed by atoms with van der Waals surface area (Å²) in [6.07, 6.45) is -6.81. The molecular formula is C6H11O7P. The van der Waals surface area contributed by atoms with Crippen molar-refractivity contribution in [2.45, 2.75) is 30.7 Å². The van der Waals surface area contributed by atoms with E-state index in [-0.39, 0.29) is 0 Å². The highest BCUT2D eigenvalue weighted by Crippen LogP contribution is 2.23. The lowest BCUT2D eigenvalue weighted by Gasteiger charge is -2.38. The van der Waals surface area contributed by atoms with Crippen LogP contribution in [0.3, 0.4) is 0 Å². The average molecular weight is 226 g/mol. The highest BCUT2D eigenvalue weighted by atomic mass is 31.1. The van der Waals surface area contributed by atoms with Crippen molar-refractivity contribution in [2.24, 2.45) is 0 Å². The molecule has 1 saturated heterocycles. The van der Waals surface area contributed by atoms with E-state index in [4.69, 9.17) is 9.84 Å². The zero-order valence-corrected chi connectivity index (χ0v) is 7.95. The van der Waals surface area contributed by atoms with Gasteiger partial charge in [-0.05, 0) is 0 Å². The van der Waals surface area contributed by atoms with Crippen molar-refractivity contribution in [1.82, 2.24) is 0 Å². The molecule has 1 aliphatic heterocycles. The Labute approximate surface area is 81.2 Å². The van der Waals surface area contributed by atoms with Gasteiger partial charge in [-0.25, -0.2) is 4.57 Å². The van der Waals surface area contributed by atoms with Crippen molar-refractivity contribution in [2.75, 3.05) is 6.61 Å². The molecule has 82 valence electrons.